The lowest BCUT2D eigenvalue weighted by atomic mass is 9.78. The summed E-state index contributed by atoms with van der Waals surface area (Å²) < 4.78 is 5.28. The normalized spacial score (nSPS) is 27.2. The number of nitrogens with zero attached hydrogens (tertiary/aromatic N) is 1. The van der Waals surface area contributed by atoms with Gasteiger partial charge in [0.05, 0.1) is 7.11 Å². The summed E-state index contributed by atoms with van der Waals surface area (Å²) in [7, 11) is 1.66. The van der Waals surface area contributed by atoms with Gasteiger partial charge in [-0.2, -0.15) is 0 Å². The molecule has 19 heavy (non-hydrogen) atoms. The molecule has 0 atom stereocenters. The molecule has 1 fully saturated rings. The molecule has 106 valence electrons. The third-order valence-corrected chi connectivity index (χ3v) is 4.70. The number of rotatable bonds is 5. The zero-order valence-electron chi connectivity index (χ0n) is 11.8. The maximum atomic E-state index is 6.22. The van der Waals surface area contributed by atoms with E-state index in [4.69, 9.17) is 16.3 Å². The van der Waals surface area contributed by atoms with Crippen LogP contribution >= 0.6 is 11.6 Å². The van der Waals surface area contributed by atoms with Crippen LogP contribution in [0.1, 0.15) is 38.2 Å². The van der Waals surface area contributed by atoms with E-state index in [2.05, 4.69) is 17.2 Å². The van der Waals surface area contributed by atoms with Crippen molar-refractivity contribution in [1.82, 2.24) is 10.3 Å². The Kier molecular flexibility index (Phi) is 5.06. The Bertz CT molecular complexity index is 403. The summed E-state index contributed by atoms with van der Waals surface area (Å²) in [5, 5.41) is 3.64. The molecular formula is C15H23ClN2O. The van der Waals surface area contributed by atoms with Gasteiger partial charge in [0, 0.05) is 29.7 Å². The fourth-order valence-corrected chi connectivity index (χ4v) is 3.06. The zero-order chi connectivity index (χ0) is 13.7. The van der Waals surface area contributed by atoms with Gasteiger partial charge >= 0.3 is 0 Å². The van der Waals surface area contributed by atoms with E-state index in [1.54, 1.807) is 13.3 Å². The predicted molar refractivity (Wildman–Crippen MR) is 78.7 cm³/mol. The largest absolute Gasteiger partial charge is 0.481 e. The van der Waals surface area contributed by atoms with E-state index >= 15 is 0 Å². The van der Waals surface area contributed by atoms with E-state index in [0.29, 0.717) is 11.8 Å². The average molecular weight is 283 g/mol. The lowest BCUT2D eigenvalue weighted by molar-refractivity contribution is 0.215. The number of halogens is 1. The number of ether oxygens (including phenoxy) is 1. The van der Waals surface area contributed by atoms with Crippen LogP contribution in [-0.4, -0.2) is 23.5 Å². The summed E-state index contributed by atoms with van der Waals surface area (Å²) in [5.41, 5.74) is 1.17. The van der Waals surface area contributed by atoms with Crippen molar-refractivity contribution in [3.05, 3.63) is 23.9 Å². The van der Waals surface area contributed by atoms with Gasteiger partial charge in [-0.05, 0) is 37.7 Å². The van der Waals surface area contributed by atoms with Crippen LogP contribution in [0.4, 0.5) is 0 Å². The number of alkyl halides is 1. The SMILES string of the molecule is COc1ncccc1CNC1(CCl)CCC(C)CC1. The van der Waals surface area contributed by atoms with Crippen LogP contribution in [0.15, 0.2) is 18.3 Å². The molecule has 1 saturated carbocycles. The van der Waals surface area contributed by atoms with Gasteiger partial charge in [-0.1, -0.05) is 13.0 Å². The summed E-state index contributed by atoms with van der Waals surface area (Å²) in [6.45, 7) is 3.08. The Morgan fingerprint density at radius 3 is 2.84 bits per heavy atom. The van der Waals surface area contributed by atoms with Crippen molar-refractivity contribution in [3.63, 3.8) is 0 Å². The first-order valence-corrected chi connectivity index (χ1v) is 7.51. The first-order chi connectivity index (χ1) is 9.19. The van der Waals surface area contributed by atoms with E-state index in [0.717, 1.165) is 30.9 Å². The highest BCUT2D eigenvalue weighted by Gasteiger charge is 2.33. The summed E-state index contributed by atoms with van der Waals surface area (Å²) in [4.78, 5) is 4.23. The average Bonchev–Trinajstić information content (AvgIpc) is 2.47. The third kappa shape index (κ3) is 3.61. The Hall–Kier alpha value is -0.800. The summed E-state index contributed by atoms with van der Waals surface area (Å²) >= 11 is 6.22. The first kappa shape index (κ1) is 14.6. The molecule has 0 spiro atoms. The topological polar surface area (TPSA) is 34.1 Å². The minimum absolute atomic E-state index is 0.0783. The molecule has 1 aliphatic carbocycles. The van der Waals surface area contributed by atoms with Crippen LogP contribution in [0.5, 0.6) is 5.88 Å². The standard InChI is InChI=1S/C15H23ClN2O/c1-12-5-7-15(11-16,8-6-12)18-10-13-4-3-9-17-14(13)19-2/h3-4,9,12,18H,5-8,10-11H2,1-2H3. The zero-order valence-corrected chi connectivity index (χ0v) is 12.5. The highest BCUT2D eigenvalue weighted by atomic mass is 35.5. The fraction of sp³-hybridized carbons (Fsp3) is 0.667. The molecule has 0 aromatic carbocycles. The molecule has 1 aromatic rings. The third-order valence-electron chi connectivity index (χ3n) is 4.18. The van der Waals surface area contributed by atoms with E-state index in [1.165, 1.54) is 12.8 Å². The summed E-state index contributed by atoms with van der Waals surface area (Å²) in [5.74, 6) is 2.19. The summed E-state index contributed by atoms with van der Waals surface area (Å²) in [6.07, 6.45) is 6.57. The van der Waals surface area contributed by atoms with E-state index in [9.17, 15) is 0 Å². The molecule has 0 unspecified atom stereocenters. The Balaban J connectivity index is 2.00. The summed E-state index contributed by atoms with van der Waals surface area (Å²) in [6, 6.07) is 3.99. The molecule has 3 nitrogen and oxygen atoms in total. The van der Waals surface area contributed by atoms with E-state index in [-0.39, 0.29) is 5.54 Å². The molecule has 0 amide bonds. The van der Waals surface area contributed by atoms with Crippen molar-refractivity contribution in [1.29, 1.82) is 0 Å². The molecule has 0 bridgehead atoms. The molecule has 2 rings (SSSR count). The number of hydrogen-bond donors (Lipinski definition) is 1. The van der Waals surface area contributed by atoms with Crippen molar-refractivity contribution in [2.24, 2.45) is 5.92 Å². The second-order valence-electron chi connectivity index (χ2n) is 5.62. The van der Waals surface area contributed by atoms with E-state index in [1.807, 2.05) is 12.1 Å². The van der Waals surface area contributed by atoms with Crippen LogP contribution in [0.25, 0.3) is 0 Å². The number of pyridine rings is 1. The van der Waals surface area contributed by atoms with Crippen molar-refractivity contribution >= 4 is 11.6 Å². The lowest BCUT2D eigenvalue weighted by Crippen LogP contribution is -2.49. The molecule has 4 heteroatoms. The van der Waals surface area contributed by atoms with Gasteiger partial charge in [0.15, 0.2) is 0 Å². The number of methoxy groups -OCH3 is 1. The molecule has 1 aliphatic rings. The van der Waals surface area contributed by atoms with Crippen LogP contribution in [0, 0.1) is 5.92 Å². The second-order valence-corrected chi connectivity index (χ2v) is 5.89. The molecule has 0 aliphatic heterocycles. The van der Waals surface area contributed by atoms with Gasteiger partial charge in [0.2, 0.25) is 5.88 Å². The minimum Gasteiger partial charge on any atom is -0.481 e. The van der Waals surface area contributed by atoms with Crippen molar-refractivity contribution in [3.8, 4) is 5.88 Å². The number of aromatic nitrogens is 1. The number of hydrogen-bond acceptors (Lipinski definition) is 3. The minimum atomic E-state index is 0.0783. The fourth-order valence-electron chi connectivity index (χ4n) is 2.70. The maximum Gasteiger partial charge on any atom is 0.217 e. The molecule has 1 N–H and O–H groups in total. The smallest absolute Gasteiger partial charge is 0.217 e. The van der Waals surface area contributed by atoms with Gasteiger partial charge in [-0.3, -0.25) is 0 Å². The second kappa shape index (κ2) is 6.58. The monoisotopic (exact) mass is 282 g/mol. The van der Waals surface area contributed by atoms with Crippen LogP contribution in [0.2, 0.25) is 0 Å². The Morgan fingerprint density at radius 2 is 2.21 bits per heavy atom. The lowest BCUT2D eigenvalue weighted by Gasteiger charge is -2.39. The highest BCUT2D eigenvalue weighted by Crippen LogP contribution is 2.33. The maximum absolute atomic E-state index is 6.22. The Morgan fingerprint density at radius 1 is 1.47 bits per heavy atom. The van der Waals surface area contributed by atoms with Crippen LogP contribution in [-0.2, 0) is 6.54 Å². The van der Waals surface area contributed by atoms with Crippen molar-refractivity contribution in [2.45, 2.75) is 44.7 Å². The van der Waals surface area contributed by atoms with Crippen molar-refractivity contribution < 1.29 is 4.74 Å². The quantitative estimate of drug-likeness (QED) is 0.841. The van der Waals surface area contributed by atoms with Gasteiger partial charge < -0.3 is 10.1 Å². The molecule has 1 heterocycles. The molecule has 0 radical (unpaired) electrons. The predicted octanol–water partition coefficient (Wildman–Crippen LogP) is 3.37. The van der Waals surface area contributed by atoms with Crippen molar-refractivity contribution in [2.75, 3.05) is 13.0 Å². The van der Waals surface area contributed by atoms with Gasteiger partial charge in [-0.25, -0.2) is 4.98 Å². The van der Waals surface area contributed by atoms with Gasteiger partial charge in [0.1, 0.15) is 0 Å². The van der Waals surface area contributed by atoms with Crippen LogP contribution < -0.4 is 10.1 Å². The van der Waals surface area contributed by atoms with E-state index < -0.39 is 0 Å². The molecule has 0 saturated heterocycles. The van der Waals surface area contributed by atoms with Gasteiger partial charge in [-0.15, -0.1) is 11.6 Å². The Labute approximate surface area is 120 Å². The first-order valence-electron chi connectivity index (χ1n) is 6.98. The molecule has 1 aromatic heterocycles. The van der Waals surface area contributed by atoms with Gasteiger partial charge in [0.25, 0.3) is 0 Å². The molecular weight excluding hydrogens is 260 g/mol. The van der Waals surface area contributed by atoms with Crippen LogP contribution in [0.3, 0.4) is 0 Å². The number of nitrogens with one attached hydrogen (secondary N) is 1. The highest BCUT2D eigenvalue weighted by molar-refractivity contribution is 6.18.